The third-order valence-electron chi connectivity index (χ3n) is 2.91. The van der Waals surface area contributed by atoms with E-state index in [0.29, 0.717) is 18.9 Å². The number of hydrogen-bond acceptors (Lipinski definition) is 3. The third-order valence-corrected chi connectivity index (χ3v) is 2.91. The third kappa shape index (κ3) is 7.27. The first-order valence-electron chi connectivity index (χ1n) is 6.68. The summed E-state index contributed by atoms with van der Waals surface area (Å²) in [6.45, 7) is 6.49. The SMILES string of the molecule is CC(C)C[C@H](NC(=O)[C@@H](C)CCCCN)C(N)=O. The quantitative estimate of drug-likeness (QED) is 0.532. The highest BCUT2D eigenvalue weighted by molar-refractivity contribution is 5.87. The molecule has 0 aliphatic heterocycles. The van der Waals surface area contributed by atoms with Crippen LogP contribution in [0, 0.1) is 11.8 Å². The number of unbranched alkanes of at least 4 members (excludes halogenated alkanes) is 1. The summed E-state index contributed by atoms with van der Waals surface area (Å²) in [4.78, 5) is 23.1. The Morgan fingerprint density at radius 2 is 1.78 bits per heavy atom. The molecule has 0 aromatic heterocycles. The molecule has 0 heterocycles. The summed E-state index contributed by atoms with van der Waals surface area (Å²) in [6, 6.07) is -0.561. The van der Waals surface area contributed by atoms with Crippen LogP contribution in [-0.2, 0) is 9.59 Å². The monoisotopic (exact) mass is 257 g/mol. The molecule has 0 aliphatic rings. The number of carbonyl (C=O) groups excluding carboxylic acids is 2. The molecular weight excluding hydrogens is 230 g/mol. The van der Waals surface area contributed by atoms with Gasteiger partial charge in [-0.15, -0.1) is 0 Å². The molecule has 0 fully saturated rings. The number of carbonyl (C=O) groups is 2. The van der Waals surface area contributed by atoms with Crippen LogP contribution in [-0.4, -0.2) is 24.4 Å². The van der Waals surface area contributed by atoms with Gasteiger partial charge in [-0.2, -0.15) is 0 Å². The van der Waals surface area contributed by atoms with Crippen LogP contribution >= 0.6 is 0 Å². The van der Waals surface area contributed by atoms with E-state index in [0.717, 1.165) is 19.3 Å². The normalized spacial score (nSPS) is 14.3. The van der Waals surface area contributed by atoms with Crippen molar-refractivity contribution in [2.45, 2.75) is 52.5 Å². The minimum atomic E-state index is -0.561. The number of nitrogens with two attached hydrogens (primary N) is 2. The van der Waals surface area contributed by atoms with Gasteiger partial charge < -0.3 is 16.8 Å². The van der Waals surface area contributed by atoms with Crippen LogP contribution in [0.2, 0.25) is 0 Å². The zero-order valence-corrected chi connectivity index (χ0v) is 11.7. The van der Waals surface area contributed by atoms with Gasteiger partial charge in [0.2, 0.25) is 11.8 Å². The molecule has 5 heteroatoms. The van der Waals surface area contributed by atoms with E-state index < -0.39 is 11.9 Å². The molecule has 0 radical (unpaired) electrons. The molecule has 0 aliphatic carbocycles. The second-order valence-electron chi connectivity index (χ2n) is 5.28. The van der Waals surface area contributed by atoms with E-state index in [2.05, 4.69) is 5.32 Å². The van der Waals surface area contributed by atoms with Gasteiger partial charge in [-0.05, 0) is 31.7 Å². The molecular formula is C13H27N3O2. The van der Waals surface area contributed by atoms with Crippen molar-refractivity contribution in [2.75, 3.05) is 6.54 Å². The maximum atomic E-state index is 11.9. The first-order valence-corrected chi connectivity index (χ1v) is 6.68. The predicted octanol–water partition coefficient (Wildman–Crippen LogP) is 0.768. The van der Waals surface area contributed by atoms with Crippen molar-refractivity contribution in [1.29, 1.82) is 0 Å². The Morgan fingerprint density at radius 1 is 1.17 bits per heavy atom. The van der Waals surface area contributed by atoms with Crippen molar-refractivity contribution < 1.29 is 9.59 Å². The van der Waals surface area contributed by atoms with Crippen molar-refractivity contribution in [2.24, 2.45) is 23.3 Å². The Morgan fingerprint density at radius 3 is 2.22 bits per heavy atom. The Hall–Kier alpha value is -1.10. The van der Waals surface area contributed by atoms with Crippen LogP contribution in [0.25, 0.3) is 0 Å². The molecule has 0 unspecified atom stereocenters. The van der Waals surface area contributed by atoms with Crippen LogP contribution < -0.4 is 16.8 Å². The summed E-state index contributed by atoms with van der Waals surface area (Å²) < 4.78 is 0. The lowest BCUT2D eigenvalue weighted by Gasteiger charge is -2.20. The highest BCUT2D eigenvalue weighted by atomic mass is 16.2. The van der Waals surface area contributed by atoms with Gasteiger partial charge in [-0.1, -0.05) is 27.2 Å². The van der Waals surface area contributed by atoms with Gasteiger partial charge in [0.25, 0.3) is 0 Å². The minimum absolute atomic E-state index is 0.100. The standard InChI is InChI=1S/C13H27N3O2/c1-9(2)8-11(12(15)17)16-13(18)10(3)6-4-5-7-14/h9-11H,4-8,14H2,1-3H3,(H2,15,17)(H,16,18)/t10-,11-/m0/s1. The van der Waals surface area contributed by atoms with Crippen molar-refractivity contribution in [3.63, 3.8) is 0 Å². The van der Waals surface area contributed by atoms with E-state index in [1.807, 2.05) is 20.8 Å². The maximum absolute atomic E-state index is 11.9. The Balaban J connectivity index is 4.19. The van der Waals surface area contributed by atoms with Crippen LogP contribution in [0.3, 0.4) is 0 Å². The van der Waals surface area contributed by atoms with E-state index >= 15 is 0 Å². The second kappa shape index (κ2) is 8.91. The second-order valence-corrected chi connectivity index (χ2v) is 5.28. The van der Waals surface area contributed by atoms with Crippen LogP contribution in [0.1, 0.15) is 46.5 Å². The Kier molecular flexibility index (Phi) is 8.37. The first-order chi connectivity index (χ1) is 8.38. The summed E-state index contributed by atoms with van der Waals surface area (Å²) in [6.07, 6.45) is 3.21. The van der Waals surface area contributed by atoms with Gasteiger partial charge in [0.05, 0.1) is 0 Å². The number of primary amides is 1. The molecule has 106 valence electrons. The zero-order valence-electron chi connectivity index (χ0n) is 11.7. The number of amides is 2. The average molecular weight is 257 g/mol. The van der Waals surface area contributed by atoms with Gasteiger partial charge in [-0.3, -0.25) is 9.59 Å². The minimum Gasteiger partial charge on any atom is -0.368 e. The lowest BCUT2D eigenvalue weighted by molar-refractivity contribution is -0.130. The molecule has 0 aromatic carbocycles. The summed E-state index contributed by atoms with van der Waals surface area (Å²) >= 11 is 0. The van der Waals surface area contributed by atoms with Gasteiger partial charge in [0.15, 0.2) is 0 Å². The summed E-state index contributed by atoms with van der Waals surface area (Å²) in [5, 5.41) is 2.73. The lowest BCUT2D eigenvalue weighted by atomic mass is 10.00. The van der Waals surface area contributed by atoms with Gasteiger partial charge >= 0.3 is 0 Å². The lowest BCUT2D eigenvalue weighted by Crippen LogP contribution is -2.46. The van der Waals surface area contributed by atoms with Crippen LogP contribution in [0.5, 0.6) is 0 Å². The summed E-state index contributed by atoms with van der Waals surface area (Å²) in [5.41, 5.74) is 10.7. The zero-order chi connectivity index (χ0) is 14.1. The number of nitrogens with one attached hydrogen (secondary N) is 1. The largest absolute Gasteiger partial charge is 0.368 e. The van der Waals surface area contributed by atoms with Crippen molar-refractivity contribution in [3.8, 4) is 0 Å². The molecule has 2 atom stereocenters. The Labute approximate surface area is 110 Å². The molecule has 0 rings (SSSR count). The summed E-state index contributed by atoms with van der Waals surface area (Å²) in [5.74, 6) is -0.358. The smallest absolute Gasteiger partial charge is 0.240 e. The summed E-state index contributed by atoms with van der Waals surface area (Å²) in [7, 11) is 0. The van der Waals surface area contributed by atoms with E-state index in [-0.39, 0.29) is 11.8 Å². The fraction of sp³-hybridized carbons (Fsp3) is 0.846. The first kappa shape index (κ1) is 16.9. The highest BCUT2D eigenvalue weighted by Crippen LogP contribution is 2.10. The molecule has 18 heavy (non-hydrogen) atoms. The number of rotatable bonds is 9. The molecule has 2 amide bonds. The molecule has 0 saturated heterocycles. The van der Waals surface area contributed by atoms with Crippen molar-refractivity contribution >= 4 is 11.8 Å². The van der Waals surface area contributed by atoms with Crippen LogP contribution in [0.15, 0.2) is 0 Å². The van der Waals surface area contributed by atoms with E-state index in [1.165, 1.54) is 0 Å². The Bertz CT molecular complexity index is 267. The fourth-order valence-corrected chi connectivity index (χ4v) is 1.76. The predicted molar refractivity (Wildman–Crippen MR) is 72.6 cm³/mol. The fourth-order valence-electron chi connectivity index (χ4n) is 1.76. The van der Waals surface area contributed by atoms with Gasteiger partial charge in [0, 0.05) is 5.92 Å². The van der Waals surface area contributed by atoms with E-state index in [4.69, 9.17) is 11.5 Å². The molecule has 0 bridgehead atoms. The van der Waals surface area contributed by atoms with Gasteiger partial charge in [0.1, 0.15) is 6.04 Å². The van der Waals surface area contributed by atoms with E-state index in [9.17, 15) is 9.59 Å². The molecule has 0 spiro atoms. The molecule has 5 N–H and O–H groups in total. The maximum Gasteiger partial charge on any atom is 0.240 e. The highest BCUT2D eigenvalue weighted by Gasteiger charge is 2.21. The number of hydrogen-bond donors (Lipinski definition) is 3. The topological polar surface area (TPSA) is 98.2 Å². The average Bonchev–Trinajstić information content (AvgIpc) is 2.27. The van der Waals surface area contributed by atoms with Crippen molar-refractivity contribution in [1.82, 2.24) is 5.32 Å². The molecule has 5 nitrogen and oxygen atoms in total. The molecule has 0 aromatic rings. The van der Waals surface area contributed by atoms with Crippen LogP contribution in [0.4, 0.5) is 0 Å². The van der Waals surface area contributed by atoms with Crippen molar-refractivity contribution in [3.05, 3.63) is 0 Å². The van der Waals surface area contributed by atoms with Gasteiger partial charge in [-0.25, -0.2) is 0 Å². The molecule has 0 saturated carbocycles. The van der Waals surface area contributed by atoms with E-state index in [1.54, 1.807) is 0 Å².